The molecule has 1 aliphatic rings. The van der Waals surface area contributed by atoms with E-state index in [0.29, 0.717) is 24.2 Å². The van der Waals surface area contributed by atoms with Gasteiger partial charge in [0, 0.05) is 13.1 Å². The molecule has 6 heteroatoms. The van der Waals surface area contributed by atoms with Crippen LogP contribution in [0.1, 0.15) is 6.92 Å². The van der Waals surface area contributed by atoms with Crippen LogP contribution in [0.15, 0.2) is 29.1 Å². The maximum absolute atomic E-state index is 12.3. The van der Waals surface area contributed by atoms with E-state index in [-0.39, 0.29) is 11.7 Å². The predicted molar refractivity (Wildman–Crippen MR) is 70.8 cm³/mol. The highest BCUT2D eigenvalue weighted by atomic mass is 16.5. The van der Waals surface area contributed by atoms with Crippen molar-refractivity contribution in [2.75, 3.05) is 19.7 Å². The summed E-state index contributed by atoms with van der Waals surface area (Å²) in [5.74, 6) is 0. The van der Waals surface area contributed by atoms with Gasteiger partial charge in [-0.2, -0.15) is 4.68 Å². The molecule has 0 radical (unpaired) electrons. The zero-order valence-electron chi connectivity index (χ0n) is 10.8. The summed E-state index contributed by atoms with van der Waals surface area (Å²) in [6.45, 7) is 4.80. The van der Waals surface area contributed by atoms with Gasteiger partial charge >= 0.3 is 0 Å². The molecule has 0 bridgehead atoms. The van der Waals surface area contributed by atoms with Crippen molar-refractivity contribution in [1.82, 2.24) is 19.9 Å². The molecule has 1 aliphatic heterocycles. The van der Waals surface area contributed by atoms with Crippen LogP contribution in [0, 0.1) is 0 Å². The maximum Gasteiger partial charge on any atom is 0.278 e. The van der Waals surface area contributed by atoms with Crippen molar-refractivity contribution in [2.24, 2.45) is 0 Å². The molecule has 0 amide bonds. The minimum absolute atomic E-state index is 0.0928. The van der Waals surface area contributed by atoms with Gasteiger partial charge in [-0.1, -0.05) is 17.3 Å². The number of rotatable bonds is 2. The van der Waals surface area contributed by atoms with Crippen LogP contribution in [0.3, 0.4) is 0 Å². The monoisotopic (exact) mass is 260 g/mol. The van der Waals surface area contributed by atoms with Gasteiger partial charge in [0.25, 0.3) is 5.56 Å². The van der Waals surface area contributed by atoms with Crippen LogP contribution in [0.5, 0.6) is 0 Å². The number of nitrogens with zero attached hydrogens (tertiary/aromatic N) is 4. The first-order valence-electron chi connectivity index (χ1n) is 6.40. The predicted octanol–water partition coefficient (Wildman–Crippen LogP) is 0.470. The van der Waals surface area contributed by atoms with Crippen molar-refractivity contribution in [3.63, 3.8) is 0 Å². The molecular formula is C13H16N4O2. The molecule has 0 N–H and O–H groups in total. The maximum atomic E-state index is 12.3. The molecule has 0 saturated carbocycles. The molecule has 1 fully saturated rings. The Labute approximate surface area is 110 Å². The Morgan fingerprint density at radius 2 is 2.26 bits per heavy atom. The first-order valence-corrected chi connectivity index (χ1v) is 6.40. The van der Waals surface area contributed by atoms with Crippen LogP contribution in [0.2, 0.25) is 0 Å². The van der Waals surface area contributed by atoms with Crippen molar-refractivity contribution in [1.29, 1.82) is 0 Å². The standard InChI is InChI=1S/C13H16N4O2/c1-10-8-16(6-7-19-10)9-17-13(18)11-4-2-3-5-12(11)14-15-17/h2-5,10H,6-9H2,1H3. The van der Waals surface area contributed by atoms with Gasteiger partial charge in [0.2, 0.25) is 0 Å². The summed E-state index contributed by atoms with van der Waals surface area (Å²) in [7, 11) is 0. The van der Waals surface area contributed by atoms with Gasteiger partial charge in [-0.05, 0) is 19.1 Å². The van der Waals surface area contributed by atoms with Crippen LogP contribution in [0.25, 0.3) is 10.9 Å². The van der Waals surface area contributed by atoms with Crippen molar-refractivity contribution in [2.45, 2.75) is 19.7 Å². The first-order chi connectivity index (χ1) is 9.24. The number of ether oxygens (including phenoxy) is 1. The van der Waals surface area contributed by atoms with E-state index in [9.17, 15) is 4.79 Å². The van der Waals surface area contributed by atoms with Crippen molar-refractivity contribution in [3.05, 3.63) is 34.6 Å². The molecule has 0 spiro atoms. The van der Waals surface area contributed by atoms with Crippen LogP contribution in [-0.2, 0) is 11.4 Å². The summed E-state index contributed by atoms with van der Waals surface area (Å²) in [6, 6.07) is 7.27. The summed E-state index contributed by atoms with van der Waals surface area (Å²) < 4.78 is 6.90. The molecule has 6 nitrogen and oxygen atoms in total. The third-order valence-corrected chi connectivity index (χ3v) is 3.29. The topological polar surface area (TPSA) is 60.2 Å². The first kappa shape index (κ1) is 12.3. The molecule has 2 heterocycles. The molecule has 1 saturated heterocycles. The average molecular weight is 260 g/mol. The fourth-order valence-electron chi connectivity index (χ4n) is 2.32. The zero-order chi connectivity index (χ0) is 13.2. The third-order valence-electron chi connectivity index (χ3n) is 3.29. The van der Waals surface area contributed by atoms with E-state index in [0.717, 1.165) is 13.1 Å². The van der Waals surface area contributed by atoms with E-state index in [1.807, 2.05) is 19.1 Å². The Bertz CT molecular complexity index is 640. The Morgan fingerprint density at radius 1 is 1.42 bits per heavy atom. The van der Waals surface area contributed by atoms with Crippen molar-refractivity contribution < 1.29 is 4.74 Å². The number of benzene rings is 1. The molecular weight excluding hydrogens is 244 g/mol. The Kier molecular flexibility index (Phi) is 3.27. The smallest absolute Gasteiger partial charge is 0.278 e. The minimum atomic E-state index is -0.0928. The molecule has 1 unspecified atom stereocenters. The summed E-state index contributed by atoms with van der Waals surface area (Å²) >= 11 is 0. The van der Waals surface area contributed by atoms with E-state index in [1.165, 1.54) is 4.68 Å². The van der Waals surface area contributed by atoms with Gasteiger partial charge in [-0.25, -0.2) is 0 Å². The molecule has 1 atom stereocenters. The summed E-state index contributed by atoms with van der Waals surface area (Å²) in [4.78, 5) is 14.4. The Morgan fingerprint density at radius 3 is 3.11 bits per heavy atom. The molecule has 2 aromatic rings. The lowest BCUT2D eigenvalue weighted by Gasteiger charge is -2.30. The number of hydrogen-bond acceptors (Lipinski definition) is 5. The second kappa shape index (κ2) is 5.07. The quantitative estimate of drug-likeness (QED) is 0.785. The largest absolute Gasteiger partial charge is 0.376 e. The Balaban J connectivity index is 1.89. The highest BCUT2D eigenvalue weighted by Gasteiger charge is 2.17. The average Bonchev–Trinajstić information content (AvgIpc) is 2.42. The second-order valence-corrected chi connectivity index (χ2v) is 4.81. The van der Waals surface area contributed by atoms with E-state index >= 15 is 0 Å². The van der Waals surface area contributed by atoms with E-state index < -0.39 is 0 Å². The van der Waals surface area contributed by atoms with Gasteiger partial charge in [0.05, 0.1) is 24.8 Å². The number of hydrogen-bond donors (Lipinski definition) is 0. The number of aromatic nitrogens is 3. The molecule has 19 heavy (non-hydrogen) atoms. The van der Waals surface area contributed by atoms with Gasteiger partial charge in [-0.3, -0.25) is 9.69 Å². The SMILES string of the molecule is CC1CN(Cn2nnc3ccccc3c2=O)CCO1. The highest BCUT2D eigenvalue weighted by Crippen LogP contribution is 2.06. The summed E-state index contributed by atoms with van der Waals surface area (Å²) in [5, 5.41) is 8.69. The lowest BCUT2D eigenvalue weighted by atomic mass is 10.2. The van der Waals surface area contributed by atoms with E-state index in [2.05, 4.69) is 15.2 Å². The molecule has 1 aromatic carbocycles. The fourth-order valence-corrected chi connectivity index (χ4v) is 2.32. The van der Waals surface area contributed by atoms with Crippen molar-refractivity contribution in [3.8, 4) is 0 Å². The van der Waals surface area contributed by atoms with Gasteiger partial charge in [0.15, 0.2) is 0 Å². The minimum Gasteiger partial charge on any atom is -0.376 e. The van der Waals surface area contributed by atoms with Gasteiger partial charge < -0.3 is 4.74 Å². The van der Waals surface area contributed by atoms with Gasteiger partial charge in [0.1, 0.15) is 5.52 Å². The number of fused-ring (bicyclic) bond motifs is 1. The highest BCUT2D eigenvalue weighted by molar-refractivity contribution is 5.76. The van der Waals surface area contributed by atoms with Gasteiger partial charge in [-0.15, -0.1) is 5.10 Å². The van der Waals surface area contributed by atoms with Crippen LogP contribution in [-0.4, -0.2) is 45.7 Å². The molecule has 3 rings (SSSR count). The third kappa shape index (κ3) is 2.50. The lowest BCUT2D eigenvalue weighted by Crippen LogP contribution is -2.44. The molecule has 1 aromatic heterocycles. The van der Waals surface area contributed by atoms with Crippen molar-refractivity contribution >= 4 is 10.9 Å². The molecule has 100 valence electrons. The second-order valence-electron chi connectivity index (χ2n) is 4.81. The van der Waals surface area contributed by atoms with Crippen LogP contribution in [0.4, 0.5) is 0 Å². The summed E-state index contributed by atoms with van der Waals surface area (Å²) in [5.41, 5.74) is 0.545. The van der Waals surface area contributed by atoms with Crippen LogP contribution >= 0.6 is 0 Å². The van der Waals surface area contributed by atoms with E-state index in [1.54, 1.807) is 12.1 Å². The fraction of sp³-hybridized carbons (Fsp3) is 0.462. The zero-order valence-corrected chi connectivity index (χ0v) is 10.8. The molecule has 0 aliphatic carbocycles. The normalized spacial score (nSPS) is 20.8. The van der Waals surface area contributed by atoms with E-state index in [4.69, 9.17) is 4.74 Å². The Hall–Kier alpha value is -1.79. The lowest BCUT2D eigenvalue weighted by molar-refractivity contribution is -0.0313. The van der Waals surface area contributed by atoms with Crippen LogP contribution < -0.4 is 5.56 Å². The number of morpholine rings is 1. The summed E-state index contributed by atoms with van der Waals surface area (Å²) in [6.07, 6.45) is 0.192.